The van der Waals surface area contributed by atoms with Crippen LogP contribution in [0.4, 0.5) is 74.6 Å². The van der Waals surface area contributed by atoms with Crippen molar-refractivity contribution >= 4 is 0 Å². The van der Waals surface area contributed by atoms with Crippen LogP contribution in [0.3, 0.4) is 0 Å². The molecule has 3 fully saturated rings. The molecule has 0 atom stereocenters. The third kappa shape index (κ3) is 51.1. The topological polar surface area (TPSA) is 103 Å². The quantitative estimate of drug-likeness (QED) is 0.0623. The van der Waals surface area contributed by atoms with Gasteiger partial charge in [0, 0.05) is 0 Å². The van der Waals surface area contributed by atoms with Crippen LogP contribution in [-0.2, 0) is 48.7 Å². The average molecular weight is 2130 g/mol. The molecule has 0 bridgehead atoms. The first kappa shape index (κ1) is 132. The molecule has 3 saturated carbocycles. The van der Waals surface area contributed by atoms with E-state index in [4.69, 9.17) is 28.4 Å². The molecule has 0 amide bonds. The Bertz CT molecular complexity index is 5230. The summed E-state index contributed by atoms with van der Waals surface area (Å²) in [6, 6.07) is 43.2. The second kappa shape index (κ2) is 56.2. The van der Waals surface area contributed by atoms with Crippen LogP contribution in [0.25, 0.3) is 0 Å². The van der Waals surface area contributed by atoms with Crippen molar-refractivity contribution in [2.45, 2.75) is 366 Å². The van der Waals surface area contributed by atoms with Crippen molar-refractivity contribution in [1.82, 2.24) is 0 Å². The van der Waals surface area contributed by atoms with Crippen molar-refractivity contribution < 1.29 is 122 Å². The normalized spacial score (nSPS) is 13.9. The lowest BCUT2D eigenvalue weighted by molar-refractivity contribution is -0.275. The molecule has 1 N–H and O–H groups in total. The highest BCUT2D eigenvalue weighted by molar-refractivity contribution is 5.41. The van der Waals surface area contributed by atoms with E-state index < -0.39 is 61.0 Å². The van der Waals surface area contributed by atoms with E-state index in [-0.39, 0.29) is 113 Å². The number of benzene rings is 9. The zero-order valence-corrected chi connectivity index (χ0v) is 95.0. The predicted molar refractivity (Wildman–Crippen MR) is 571 cm³/mol. The molecule has 12 rings (SSSR count). The number of hydrogen-bond donors (Lipinski definition) is 1. The van der Waals surface area contributed by atoms with Gasteiger partial charge < -0.3 is 47.7 Å². The minimum atomic E-state index is -4.87. The molecule has 0 radical (unpaired) electrons. The van der Waals surface area contributed by atoms with Gasteiger partial charge in [-0.15, -0.1) is 13.2 Å². The summed E-state index contributed by atoms with van der Waals surface area (Å²) < 4.78 is 263. The van der Waals surface area contributed by atoms with Gasteiger partial charge in [0.25, 0.3) is 6.43 Å². The van der Waals surface area contributed by atoms with E-state index in [0.717, 1.165) is 51.1 Å². The summed E-state index contributed by atoms with van der Waals surface area (Å²) in [5.41, 5.74) is 6.12. The van der Waals surface area contributed by atoms with Crippen LogP contribution in [0.2, 0.25) is 0 Å². The maximum Gasteiger partial charge on any atom is 0.573 e. The second-order valence-electron chi connectivity index (χ2n) is 50.2. The van der Waals surface area contributed by atoms with Crippen molar-refractivity contribution in [2.24, 2.45) is 29.1 Å². The van der Waals surface area contributed by atoms with E-state index >= 15 is 0 Å². The minimum Gasteiger partial charge on any atom is -0.490 e. The maximum atomic E-state index is 13.9. The monoisotopic (exact) mass is 2130 g/mol. The molecule has 0 spiro atoms. The van der Waals surface area contributed by atoms with E-state index in [2.05, 4.69) is 139 Å². The Labute approximate surface area is 884 Å². The summed E-state index contributed by atoms with van der Waals surface area (Å²) >= 11 is 0. The number of aliphatic hydroxyl groups is 1. The van der Waals surface area contributed by atoms with Gasteiger partial charge in [0.05, 0.1) is 38.6 Å². The third-order valence-electron chi connectivity index (χ3n) is 23.8. The van der Waals surface area contributed by atoms with Crippen molar-refractivity contribution in [3.8, 4) is 51.7 Å². The first-order valence-corrected chi connectivity index (χ1v) is 51.4. The molecular formula is C123H169F17O10. The van der Waals surface area contributed by atoms with Gasteiger partial charge in [-0.1, -0.05) is 295 Å². The van der Waals surface area contributed by atoms with Gasteiger partial charge in [0.2, 0.25) is 0 Å². The van der Waals surface area contributed by atoms with Crippen LogP contribution in [0.1, 0.15) is 343 Å². The highest BCUT2D eigenvalue weighted by Gasteiger charge is 2.35. The van der Waals surface area contributed by atoms with Crippen LogP contribution in [0.5, 0.6) is 51.7 Å². The fourth-order valence-electron chi connectivity index (χ4n) is 13.7. The zero-order valence-electron chi connectivity index (χ0n) is 95.0. The maximum absolute atomic E-state index is 13.9. The standard InChI is InChI=1S/C16H23FO.C15H21FO.C15H23FO.C14H21FO2.C14H19FO.C14H21FO.C12H14F4O.C12H15F3O.C11H12F4O/c1-16(2,3)13-8-9-15(14(17)10-13)18-11-12-6-4-5-7-12;1-15(2,3)12-7-8-14(13(16)9-12)17-10-11-5-4-6-11;1-14(2,3)10-17-13-8-7-11(9-12(13)16)15(4,5)6;1-13(2,3)10-6-7-12(11(15)8-10)17-9-14(4,5)16;1-14(2,3)11-6-7-13(12(15)8-11)16-9-10-4-5-10;1-10(2)9-16-13-7-6-11(8-12(13)15)14(3,4)5;1-11(2,3)8-4-5-10(9(13)6-8)17-7-12(14,15)16;1-12(2,3)8-4-5-10(9(13)6-8)16-7-11(14)15;1-10(2,3)7-4-5-9(8(12)6-7)16-11(13,14)15/h8-10,12H,4-7,11H2,1-3H3;7-9,11H,4-6,10H2,1-3H3;7-9H,10H2,1-6H3;6-8,16H,9H2,1-5H3;6-8,10H,4-5,9H2,1-3H3;6-8,10H,9H2,1-5H3;4-6H,7H2,1-3H3;4-6,11H,7H2,1-3H3;4-6H,1-3H3. The van der Waals surface area contributed by atoms with Gasteiger partial charge in [-0.3, -0.25) is 0 Å². The smallest absolute Gasteiger partial charge is 0.490 e. The number of halogens is 17. The van der Waals surface area contributed by atoms with Gasteiger partial charge in [-0.25, -0.2) is 48.3 Å². The number of rotatable bonds is 23. The first-order chi connectivity index (χ1) is 68.4. The first-order valence-electron chi connectivity index (χ1n) is 51.4. The Morgan fingerprint density at radius 2 is 0.440 bits per heavy atom. The highest BCUT2D eigenvalue weighted by Crippen LogP contribution is 2.40. The SMILES string of the molecule is CC(C)(C)COc1ccc(C(C)(C)C)cc1F.CC(C)(C)c1ccc(OC(F)(F)F)c(F)c1.CC(C)(C)c1ccc(OCC(F)(F)F)c(F)c1.CC(C)(C)c1ccc(OCC(F)F)c(F)c1.CC(C)(C)c1ccc(OCC2CC2)c(F)c1.CC(C)(C)c1ccc(OCC2CCC2)c(F)c1.CC(C)(C)c1ccc(OCC2CCCC2)c(F)c1.CC(C)(O)COc1ccc(C(C)(C)C)cc1F.CC(C)COc1ccc(C(C)(C)C)cc1F. The van der Waals surface area contributed by atoms with Crippen molar-refractivity contribution in [2.75, 3.05) is 52.9 Å². The van der Waals surface area contributed by atoms with Crippen LogP contribution in [0.15, 0.2) is 164 Å². The molecule has 0 aliphatic heterocycles. The lowest BCUT2D eigenvalue weighted by Gasteiger charge is -2.25. The molecule has 0 aromatic heterocycles. The Hall–Kier alpha value is -10.1. The van der Waals surface area contributed by atoms with E-state index in [1.54, 1.807) is 92.7 Å². The number of ether oxygens (including phenoxy) is 9. The summed E-state index contributed by atoms with van der Waals surface area (Å²) in [5, 5.41) is 9.51. The second-order valence-corrected chi connectivity index (χ2v) is 50.2. The molecule has 840 valence electrons. The minimum absolute atomic E-state index is 0.0180. The van der Waals surface area contributed by atoms with E-state index in [1.807, 2.05) is 133 Å². The van der Waals surface area contributed by atoms with E-state index in [9.17, 15) is 79.7 Å². The number of alkyl halides is 8. The van der Waals surface area contributed by atoms with Crippen LogP contribution in [0, 0.1) is 81.4 Å². The van der Waals surface area contributed by atoms with Crippen LogP contribution in [-0.4, -0.2) is 82.5 Å². The fourth-order valence-corrected chi connectivity index (χ4v) is 13.7. The Morgan fingerprint density at radius 3 is 0.613 bits per heavy atom. The summed E-state index contributed by atoms with van der Waals surface area (Å²) in [7, 11) is 0. The molecule has 0 unspecified atom stereocenters. The Balaban J connectivity index is 0.000000351. The molecular weight excluding hydrogens is 1960 g/mol. The molecule has 10 nitrogen and oxygen atoms in total. The van der Waals surface area contributed by atoms with E-state index in [0.29, 0.717) is 96.6 Å². The largest absolute Gasteiger partial charge is 0.573 e. The predicted octanol–water partition coefficient (Wildman–Crippen LogP) is 36.7. The molecule has 0 saturated heterocycles. The molecule has 3 aliphatic rings. The van der Waals surface area contributed by atoms with Gasteiger partial charge in [-0.05, 0) is 289 Å². The molecule has 3 aliphatic carbocycles. The molecule has 27 heteroatoms. The molecule has 9 aromatic rings. The summed E-state index contributed by atoms with van der Waals surface area (Å²) in [4.78, 5) is 0. The van der Waals surface area contributed by atoms with Crippen LogP contribution >= 0.6 is 0 Å². The van der Waals surface area contributed by atoms with E-state index in [1.165, 1.54) is 94.2 Å². The molecule has 150 heavy (non-hydrogen) atoms. The summed E-state index contributed by atoms with van der Waals surface area (Å²) in [5.74, 6) is -0.994. The van der Waals surface area contributed by atoms with Crippen molar-refractivity contribution in [3.05, 3.63) is 266 Å². The number of hydrogen-bond acceptors (Lipinski definition) is 10. The summed E-state index contributed by atoms with van der Waals surface area (Å²) in [6.07, 6.45) is -0.713. The average Bonchev–Trinajstić information content (AvgIpc) is 1.32. The molecule has 9 aromatic carbocycles. The zero-order chi connectivity index (χ0) is 114. The van der Waals surface area contributed by atoms with Gasteiger partial charge >= 0.3 is 12.5 Å². The Morgan fingerprint density at radius 1 is 0.247 bits per heavy atom. The van der Waals surface area contributed by atoms with Gasteiger partial charge in [0.1, 0.15) is 13.2 Å². The lowest BCUT2D eigenvalue weighted by atomic mass is 9.86. The lowest BCUT2D eigenvalue weighted by Crippen LogP contribution is -2.28. The summed E-state index contributed by atoms with van der Waals surface area (Å²) in [6.45, 7) is 68.6. The Kier molecular flexibility index (Phi) is 49.5. The van der Waals surface area contributed by atoms with Gasteiger partial charge in [-0.2, -0.15) is 13.2 Å². The van der Waals surface area contributed by atoms with Crippen molar-refractivity contribution in [1.29, 1.82) is 0 Å². The molecule has 0 heterocycles. The van der Waals surface area contributed by atoms with Crippen LogP contribution < -0.4 is 42.6 Å². The fraction of sp³-hybridized carbons (Fsp3) is 0.561. The highest BCUT2D eigenvalue weighted by atomic mass is 19.4. The third-order valence-corrected chi connectivity index (χ3v) is 23.8. The van der Waals surface area contributed by atoms with Crippen molar-refractivity contribution in [3.63, 3.8) is 0 Å². The van der Waals surface area contributed by atoms with Gasteiger partial charge in [0.15, 0.2) is 111 Å².